The average molecular weight is 324 g/mol. The molecule has 0 aliphatic carbocycles. The van der Waals surface area contributed by atoms with E-state index in [1.54, 1.807) is 23.1 Å². The van der Waals surface area contributed by atoms with E-state index < -0.39 is 0 Å². The van der Waals surface area contributed by atoms with Crippen LogP contribution in [-0.2, 0) is 4.79 Å². The van der Waals surface area contributed by atoms with Crippen molar-refractivity contribution in [3.8, 4) is 5.75 Å². The van der Waals surface area contributed by atoms with E-state index in [0.717, 1.165) is 29.8 Å². The first kappa shape index (κ1) is 16.1. The lowest BCUT2D eigenvalue weighted by Crippen LogP contribution is -2.24. The van der Waals surface area contributed by atoms with Gasteiger partial charge in [-0.05, 0) is 56.2 Å². The summed E-state index contributed by atoms with van der Waals surface area (Å²) in [6, 6.07) is 10.4. The molecule has 5 heteroatoms. The predicted molar refractivity (Wildman–Crippen MR) is 93.6 cm³/mol. The highest BCUT2D eigenvalue weighted by atomic mass is 16.3. The third kappa shape index (κ3) is 3.11. The fourth-order valence-corrected chi connectivity index (χ4v) is 2.97. The molecule has 0 bridgehead atoms. The van der Waals surface area contributed by atoms with Crippen molar-refractivity contribution in [2.75, 3.05) is 16.8 Å². The summed E-state index contributed by atoms with van der Waals surface area (Å²) in [7, 11) is 0. The minimum absolute atomic E-state index is 0.0471. The molecule has 1 aliphatic heterocycles. The third-order valence-electron chi connectivity index (χ3n) is 4.22. The number of hydrogen-bond acceptors (Lipinski definition) is 3. The van der Waals surface area contributed by atoms with Gasteiger partial charge in [-0.25, -0.2) is 0 Å². The Morgan fingerprint density at radius 2 is 1.96 bits per heavy atom. The van der Waals surface area contributed by atoms with Crippen LogP contribution >= 0.6 is 0 Å². The first-order valence-corrected chi connectivity index (χ1v) is 7.97. The van der Waals surface area contributed by atoms with Gasteiger partial charge in [0.2, 0.25) is 5.91 Å². The van der Waals surface area contributed by atoms with Crippen LogP contribution in [-0.4, -0.2) is 23.5 Å². The number of aryl methyl sites for hydroxylation is 2. The lowest BCUT2D eigenvalue weighted by molar-refractivity contribution is -0.117. The molecule has 2 N–H and O–H groups in total. The van der Waals surface area contributed by atoms with Gasteiger partial charge in [0.05, 0.1) is 5.56 Å². The van der Waals surface area contributed by atoms with Gasteiger partial charge in [0.15, 0.2) is 0 Å². The second-order valence-corrected chi connectivity index (χ2v) is 6.12. The number of hydrogen-bond donors (Lipinski definition) is 2. The topological polar surface area (TPSA) is 69.6 Å². The SMILES string of the molecule is Cc1ccc(O)c(C(=O)Nc2ccc(N3CCCC3=O)c(C)c2)c1. The molecule has 0 saturated carbocycles. The minimum Gasteiger partial charge on any atom is -0.507 e. The number of rotatable bonds is 3. The zero-order chi connectivity index (χ0) is 17.3. The van der Waals surface area contributed by atoms with Gasteiger partial charge in [0.25, 0.3) is 5.91 Å². The number of amides is 2. The van der Waals surface area contributed by atoms with E-state index in [2.05, 4.69) is 5.32 Å². The van der Waals surface area contributed by atoms with Gasteiger partial charge in [-0.3, -0.25) is 9.59 Å². The number of phenolic OH excluding ortho intramolecular Hbond substituents is 1. The quantitative estimate of drug-likeness (QED) is 0.909. The first-order valence-electron chi connectivity index (χ1n) is 7.97. The van der Waals surface area contributed by atoms with Crippen LogP contribution in [0, 0.1) is 13.8 Å². The molecule has 0 radical (unpaired) electrons. The van der Waals surface area contributed by atoms with Gasteiger partial charge in [-0.15, -0.1) is 0 Å². The van der Waals surface area contributed by atoms with E-state index in [1.165, 1.54) is 6.07 Å². The van der Waals surface area contributed by atoms with Crippen molar-refractivity contribution >= 4 is 23.2 Å². The van der Waals surface area contributed by atoms with Crippen LogP contribution in [0.4, 0.5) is 11.4 Å². The summed E-state index contributed by atoms with van der Waals surface area (Å²) in [5.74, 6) is -0.269. The summed E-state index contributed by atoms with van der Waals surface area (Å²) >= 11 is 0. The normalized spacial score (nSPS) is 14.1. The Labute approximate surface area is 140 Å². The van der Waals surface area contributed by atoms with Gasteiger partial charge in [-0.1, -0.05) is 11.6 Å². The number of nitrogens with one attached hydrogen (secondary N) is 1. The summed E-state index contributed by atoms with van der Waals surface area (Å²) in [6.07, 6.45) is 1.47. The molecule has 2 amide bonds. The number of phenols is 1. The molecule has 2 aromatic rings. The fraction of sp³-hybridized carbons (Fsp3) is 0.263. The molecule has 24 heavy (non-hydrogen) atoms. The Kier molecular flexibility index (Phi) is 4.25. The maximum absolute atomic E-state index is 12.4. The van der Waals surface area contributed by atoms with Crippen LogP contribution in [0.25, 0.3) is 0 Å². The van der Waals surface area contributed by atoms with Crippen molar-refractivity contribution < 1.29 is 14.7 Å². The molecular weight excluding hydrogens is 304 g/mol. The highest BCUT2D eigenvalue weighted by Crippen LogP contribution is 2.28. The van der Waals surface area contributed by atoms with Gasteiger partial charge < -0.3 is 15.3 Å². The van der Waals surface area contributed by atoms with Crippen molar-refractivity contribution in [1.82, 2.24) is 0 Å². The van der Waals surface area contributed by atoms with Crippen LogP contribution in [0.3, 0.4) is 0 Å². The summed E-state index contributed by atoms with van der Waals surface area (Å²) in [5, 5.41) is 12.6. The highest BCUT2D eigenvalue weighted by Gasteiger charge is 2.23. The Hall–Kier alpha value is -2.82. The molecule has 1 heterocycles. The largest absolute Gasteiger partial charge is 0.507 e. The molecule has 5 nitrogen and oxygen atoms in total. The Morgan fingerprint density at radius 3 is 2.62 bits per heavy atom. The van der Waals surface area contributed by atoms with Gasteiger partial charge in [0.1, 0.15) is 5.75 Å². The van der Waals surface area contributed by atoms with Gasteiger partial charge in [0, 0.05) is 24.3 Å². The number of anilines is 2. The Morgan fingerprint density at radius 1 is 1.17 bits per heavy atom. The van der Waals surface area contributed by atoms with E-state index >= 15 is 0 Å². The van der Waals surface area contributed by atoms with Crippen molar-refractivity contribution in [2.24, 2.45) is 0 Å². The molecule has 1 fully saturated rings. The number of nitrogens with zero attached hydrogens (tertiary/aromatic N) is 1. The van der Waals surface area contributed by atoms with Crippen LogP contribution in [0.2, 0.25) is 0 Å². The zero-order valence-electron chi connectivity index (χ0n) is 13.8. The molecule has 0 unspecified atom stereocenters. The summed E-state index contributed by atoms with van der Waals surface area (Å²) < 4.78 is 0. The van der Waals surface area contributed by atoms with E-state index in [-0.39, 0.29) is 23.1 Å². The molecule has 0 spiro atoms. The monoisotopic (exact) mass is 324 g/mol. The standard InChI is InChI=1S/C19H20N2O3/c1-12-5-8-17(22)15(10-12)19(24)20-14-6-7-16(13(2)11-14)21-9-3-4-18(21)23/h5-8,10-11,22H,3-4,9H2,1-2H3,(H,20,24). The zero-order valence-corrected chi connectivity index (χ0v) is 13.8. The number of carbonyl (C=O) groups is 2. The average Bonchev–Trinajstić information content (AvgIpc) is 2.96. The number of aromatic hydroxyl groups is 1. The van der Waals surface area contributed by atoms with Gasteiger partial charge >= 0.3 is 0 Å². The van der Waals surface area contributed by atoms with Crippen molar-refractivity contribution in [1.29, 1.82) is 0 Å². The van der Waals surface area contributed by atoms with Crippen molar-refractivity contribution in [2.45, 2.75) is 26.7 Å². The van der Waals surface area contributed by atoms with Crippen LogP contribution in [0.1, 0.15) is 34.3 Å². The molecule has 1 saturated heterocycles. The lowest BCUT2D eigenvalue weighted by atomic mass is 10.1. The van der Waals surface area contributed by atoms with E-state index in [9.17, 15) is 14.7 Å². The number of benzene rings is 2. The predicted octanol–water partition coefficient (Wildman–Crippen LogP) is 3.39. The summed E-state index contributed by atoms with van der Waals surface area (Å²) in [6.45, 7) is 4.52. The molecule has 0 atom stereocenters. The van der Waals surface area contributed by atoms with Gasteiger partial charge in [-0.2, -0.15) is 0 Å². The molecule has 124 valence electrons. The van der Waals surface area contributed by atoms with E-state index in [1.807, 2.05) is 26.0 Å². The van der Waals surface area contributed by atoms with Crippen LogP contribution < -0.4 is 10.2 Å². The molecule has 0 aromatic heterocycles. The van der Waals surface area contributed by atoms with Crippen LogP contribution in [0.5, 0.6) is 5.75 Å². The van der Waals surface area contributed by atoms with E-state index in [4.69, 9.17) is 0 Å². The molecule has 3 rings (SSSR count). The fourth-order valence-electron chi connectivity index (χ4n) is 2.97. The molecule has 1 aliphatic rings. The molecular formula is C19H20N2O3. The maximum Gasteiger partial charge on any atom is 0.259 e. The summed E-state index contributed by atoms with van der Waals surface area (Å²) in [5.41, 5.74) is 3.59. The summed E-state index contributed by atoms with van der Waals surface area (Å²) in [4.78, 5) is 26.0. The number of carbonyl (C=O) groups excluding carboxylic acids is 2. The first-order chi connectivity index (χ1) is 11.5. The third-order valence-corrected chi connectivity index (χ3v) is 4.22. The molecule has 2 aromatic carbocycles. The highest BCUT2D eigenvalue weighted by molar-refractivity contribution is 6.06. The van der Waals surface area contributed by atoms with E-state index in [0.29, 0.717) is 12.1 Å². The van der Waals surface area contributed by atoms with Crippen molar-refractivity contribution in [3.63, 3.8) is 0 Å². The van der Waals surface area contributed by atoms with Crippen molar-refractivity contribution in [3.05, 3.63) is 53.1 Å². The second-order valence-electron chi connectivity index (χ2n) is 6.12. The Bertz CT molecular complexity index is 814. The van der Waals surface area contributed by atoms with Crippen LogP contribution in [0.15, 0.2) is 36.4 Å². The lowest BCUT2D eigenvalue weighted by Gasteiger charge is -2.19. The Balaban J connectivity index is 1.81. The maximum atomic E-state index is 12.4. The smallest absolute Gasteiger partial charge is 0.259 e. The minimum atomic E-state index is -0.361. The second kappa shape index (κ2) is 6.35.